The van der Waals surface area contributed by atoms with E-state index in [-0.39, 0.29) is 23.5 Å². The molecule has 42 heavy (non-hydrogen) atoms. The maximum atomic E-state index is 14.5. The van der Waals surface area contributed by atoms with Crippen LogP contribution in [-0.2, 0) is 19.9 Å². The number of carbonyl (C=O) groups excluding carboxylic acids is 4. The molecule has 9 heteroatoms. The summed E-state index contributed by atoms with van der Waals surface area (Å²) in [7, 11) is 1.75. The number of aromatic nitrogens is 1. The fourth-order valence-corrected chi connectivity index (χ4v) is 5.73. The van der Waals surface area contributed by atoms with Crippen molar-refractivity contribution >= 4 is 46.2 Å². The minimum Gasteiger partial charge on any atom is -0.427 e. The summed E-state index contributed by atoms with van der Waals surface area (Å²) in [5, 5.41) is 4.11. The zero-order chi connectivity index (χ0) is 31.0. The van der Waals surface area contributed by atoms with Crippen molar-refractivity contribution < 1.29 is 23.9 Å². The Labute approximate surface area is 253 Å². The first kappa shape index (κ1) is 32.9. The predicted octanol–water partition coefficient (Wildman–Crippen LogP) is 6.78. The number of hydrogen-bond donors (Lipinski definition) is 1. The van der Waals surface area contributed by atoms with Gasteiger partial charge in [0.1, 0.15) is 11.3 Å². The Morgan fingerprint density at radius 1 is 0.952 bits per heavy atom. The van der Waals surface area contributed by atoms with E-state index >= 15 is 0 Å². The molecule has 0 saturated heterocycles. The number of amides is 2. The van der Waals surface area contributed by atoms with E-state index in [4.69, 9.17) is 16.3 Å². The number of carbonyl (C=O) groups is 4. The van der Waals surface area contributed by atoms with Gasteiger partial charge in [0.2, 0.25) is 5.91 Å². The van der Waals surface area contributed by atoms with E-state index < -0.39 is 11.5 Å². The Morgan fingerprint density at radius 2 is 1.62 bits per heavy atom. The van der Waals surface area contributed by atoms with Gasteiger partial charge in [0.05, 0.1) is 5.52 Å². The number of benzene rings is 2. The third-order valence-electron chi connectivity index (χ3n) is 7.51. The summed E-state index contributed by atoms with van der Waals surface area (Å²) in [6, 6.07) is 11.6. The predicted molar refractivity (Wildman–Crippen MR) is 166 cm³/mol. The molecular weight excluding hydrogens is 554 g/mol. The molecular formula is C33H42ClN3O5. The molecule has 3 aromatic rings. The first-order chi connectivity index (χ1) is 20.0. The molecule has 226 valence electrons. The molecule has 1 atom stereocenters. The maximum Gasteiger partial charge on any atom is 0.308 e. The van der Waals surface area contributed by atoms with Gasteiger partial charge < -0.3 is 15.0 Å². The van der Waals surface area contributed by atoms with Crippen LogP contribution in [0.2, 0.25) is 5.02 Å². The minimum absolute atomic E-state index is 0.248. The van der Waals surface area contributed by atoms with Gasteiger partial charge in [-0.05, 0) is 62.2 Å². The topological polar surface area (TPSA) is 97.7 Å². The second-order valence-corrected chi connectivity index (χ2v) is 11.3. The normalized spacial score (nSPS) is 12.5. The number of unbranched alkanes of at least 4 members (excludes halogenated alkanes) is 4. The summed E-state index contributed by atoms with van der Waals surface area (Å²) in [5.74, 6) is -1.13. The lowest BCUT2D eigenvalue weighted by Crippen LogP contribution is -2.56. The fourth-order valence-electron chi connectivity index (χ4n) is 5.61. The lowest BCUT2D eigenvalue weighted by atomic mass is 9.81. The van der Waals surface area contributed by atoms with Gasteiger partial charge in [-0.1, -0.05) is 57.6 Å². The van der Waals surface area contributed by atoms with Crippen molar-refractivity contribution in [1.82, 2.24) is 14.8 Å². The Hall–Kier alpha value is -3.65. The van der Waals surface area contributed by atoms with Crippen LogP contribution in [0.15, 0.2) is 42.5 Å². The number of ether oxygens (including phenoxy) is 1. The van der Waals surface area contributed by atoms with Crippen molar-refractivity contribution in [2.45, 2.75) is 85.1 Å². The van der Waals surface area contributed by atoms with Gasteiger partial charge in [-0.3, -0.25) is 23.7 Å². The highest BCUT2D eigenvalue weighted by Crippen LogP contribution is 2.41. The van der Waals surface area contributed by atoms with Gasteiger partial charge >= 0.3 is 5.97 Å². The molecule has 0 fully saturated rings. The van der Waals surface area contributed by atoms with Crippen molar-refractivity contribution in [3.8, 4) is 5.75 Å². The third kappa shape index (κ3) is 7.21. The lowest BCUT2D eigenvalue weighted by molar-refractivity contribution is -0.141. The van der Waals surface area contributed by atoms with Gasteiger partial charge in [0.25, 0.3) is 11.8 Å². The van der Waals surface area contributed by atoms with Gasteiger partial charge in [0, 0.05) is 54.7 Å². The van der Waals surface area contributed by atoms with Gasteiger partial charge in [0.15, 0.2) is 0 Å². The molecule has 0 bridgehead atoms. The minimum atomic E-state index is -1.45. The first-order valence-corrected chi connectivity index (χ1v) is 15.0. The van der Waals surface area contributed by atoms with E-state index in [1.807, 2.05) is 0 Å². The molecule has 3 rings (SSSR count). The summed E-state index contributed by atoms with van der Waals surface area (Å²) in [4.78, 5) is 55.0. The third-order valence-corrected chi connectivity index (χ3v) is 7.76. The van der Waals surface area contributed by atoms with Gasteiger partial charge in [-0.25, -0.2) is 0 Å². The largest absolute Gasteiger partial charge is 0.427 e. The van der Waals surface area contributed by atoms with Gasteiger partial charge in [-0.2, -0.15) is 0 Å². The molecule has 0 spiro atoms. The summed E-state index contributed by atoms with van der Waals surface area (Å²) in [6.07, 6.45) is 5.61. The molecule has 1 N–H and O–H groups in total. The van der Waals surface area contributed by atoms with Crippen LogP contribution in [0.1, 0.15) is 94.3 Å². The van der Waals surface area contributed by atoms with Crippen molar-refractivity contribution in [3.05, 3.63) is 64.3 Å². The number of rotatable bonds is 13. The molecule has 0 aliphatic heterocycles. The van der Waals surface area contributed by atoms with E-state index in [0.717, 1.165) is 32.1 Å². The monoisotopic (exact) mass is 595 g/mol. The number of esters is 1. The van der Waals surface area contributed by atoms with Crippen LogP contribution in [0.5, 0.6) is 5.75 Å². The smallest absolute Gasteiger partial charge is 0.308 e. The molecule has 2 aromatic carbocycles. The van der Waals surface area contributed by atoms with Crippen LogP contribution in [0, 0.1) is 6.92 Å². The number of fused-ring (bicyclic) bond motifs is 1. The molecule has 1 unspecified atom stereocenters. The van der Waals surface area contributed by atoms with E-state index in [1.54, 1.807) is 65.9 Å². The maximum absolute atomic E-state index is 14.5. The zero-order valence-corrected chi connectivity index (χ0v) is 26.3. The Kier molecular flexibility index (Phi) is 11.3. The summed E-state index contributed by atoms with van der Waals surface area (Å²) >= 11 is 6.09. The SMILES string of the molecule is CCCCCCC(NC(C)=O)(C(=O)N(C)CCCC)c1c(C)n(C(=O)c2ccc(Cl)cc2)c2ccc(OC(C)=O)cc12. The molecule has 0 aliphatic rings. The zero-order valence-electron chi connectivity index (χ0n) is 25.5. The van der Waals surface area contributed by atoms with Crippen molar-refractivity contribution in [2.75, 3.05) is 13.6 Å². The first-order valence-electron chi connectivity index (χ1n) is 14.6. The van der Waals surface area contributed by atoms with Crippen LogP contribution < -0.4 is 10.1 Å². The van der Waals surface area contributed by atoms with E-state index in [0.29, 0.717) is 52.1 Å². The number of halogens is 1. The molecule has 0 aliphatic carbocycles. The number of nitrogens with zero attached hydrogens (tertiary/aromatic N) is 2. The molecule has 1 heterocycles. The fraction of sp³-hybridized carbons (Fsp3) is 0.455. The highest BCUT2D eigenvalue weighted by molar-refractivity contribution is 6.30. The second-order valence-electron chi connectivity index (χ2n) is 10.9. The number of hydrogen-bond acceptors (Lipinski definition) is 5. The van der Waals surface area contributed by atoms with Crippen molar-refractivity contribution in [2.24, 2.45) is 0 Å². The summed E-state index contributed by atoms with van der Waals surface area (Å²) in [6.45, 7) is 9.19. The van der Waals surface area contributed by atoms with Crippen molar-refractivity contribution in [3.63, 3.8) is 0 Å². The highest BCUT2D eigenvalue weighted by Gasteiger charge is 2.46. The highest BCUT2D eigenvalue weighted by atomic mass is 35.5. The van der Waals surface area contributed by atoms with Crippen LogP contribution in [0.25, 0.3) is 10.9 Å². The Morgan fingerprint density at radius 3 is 2.21 bits per heavy atom. The van der Waals surface area contributed by atoms with Crippen LogP contribution in [0.3, 0.4) is 0 Å². The van der Waals surface area contributed by atoms with E-state index in [9.17, 15) is 19.2 Å². The standard InChI is InChI=1S/C33H42ClN3O5/c1-7-9-11-12-19-33(35-23(4)38,32(41)36(6)20-10-8-2)30-22(3)37(31(40)25-13-15-26(34)16-14-25)29-18-17-27(21-28(29)30)42-24(5)39/h13-18,21H,7-12,19-20H2,1-6H3,(H,35,38). The van der Waals surface area contributed by atoms with Crippen LogP contribution in [0.4, 0.5) is 0 Å². The molecule has 1 aromatic heterocycles. The average Bonchev–Trinajstić information content (AvgIpc) is 3.23. The lowest BCUT2D eigenvalue weighted by Gasteiger charge is -2.37. The number of likely N-dealkylation sites (N-methyl/N-ethyl adjacent to an activating group) is 1. The van der Waals surface area contributed by atoms with Crippen molar-refractivity contribution in [1.29, 1.82) is 0 Å². The molecule has 8 nitrogen and oxygen atoms in total. The Bertz CT molecular complexity index is 1450. The summed E-state index contributed by atoms with van der Waals surface area (Å²) < 4.78 is 6.99. The number of nitrogens with one attached hydrogen (secondary N) is 1. The molecule has 0 saturated carbocycles. The molecule has 2 amide bonds. The summed E-state index contributed by atoms with van der Waals surface area (Å²) in [5.41, 5.74) is 0.533. The van der Waals surface area contributed by atoms with E-state index in [1.165, 1.54) is 13.8 Å². The quantitative estimate of drug-likeness (QED) is 0.133. The van der Waals surface area contributed by atoms with Crippen LogP contribution >= 0.6 is 11.6 Å². The second kappa shape index (κ2) is 14.5. The van der Waals surface area contributed by atoms with E-state index in [2.05, 4.69) is 19.2 Å². The molecule has 0 radical (unpaired) electrons. The average molecular weight is 596 g/mol. The van der Waals surface area contributed by atoms with Gasteiger partial charge in [-0.15, -0.1) is 0 Å². The Balaban J connectivity index is 2.40. The van der Waals surface area contributed by atoms with Crippen LogP contribution in [-0.4, -0.2) is 46.8 Å².